The van der Waals surface area contributed by atoms with Gasteiger partial charge in [-0.3, -0.25) is 0 Å². The Bertz CT molecular complexity index is 364. The van der Waals surface area contributed by atoms with Gasteiger partial charge in [0.15, 0.2) is 11.5 Å². The van der Waals surface area contributed by atoms with Crippen molar-refractivity contribution in [1.82, 2.24) is 5.32 Å². The minimum atomic E-state index is 0.199. The fourth-order valence-electron chi connectivity index (χ4n) is 2.00. The van der Waals surface area contributed by atoms with Gasteiger partial charge >= 0.3 is 0 Å². The quantitative estimate of drug-likeness (QED) is 0.864. The summed E-state index contributed by atoms with van der Waals surface area (Å²) in [6.07, 6.45) is 2.50. The molecule has 0 aliphatic carbocycles. The molecule has 3 nitrogen and oxygen atoms in total. The minimum Gasteiger partial charge on any atom is -0.504 e. The van der Waals surface area contributed by atoms with Crippen molar-refractivity contribution in [3.05, 3.63) is 23.8 Å². The van der Waals surface area contributed by atoms with E-state index in [1.54, 1.807) is 13.2 Å². The normalized spacial score (nSPS) is 17.0. The summed E-state index contributed by atoms with van der Waals surface area (Å²) in [5, 5.41) is 13.1. The molecule has 0 spiro atoms. The number of rotatable bonds is 4. The summed E-state index contributed by atoms with van der Waals surface area (Å²) in [4.78, 5) is 0. The number of nitrogens with one attached hydrogen (secondary N) is 1. The van der Waals surface area contributed by atoms with E-state index in [9.17, 15) is 5.11 Å². The average molecular weight is 253 g/mol. The van der Waals surface area contributed by atoms with Crippen molar-refractivity contribution in [1.29, 1.82) is 0 Å². The second kappa shape index (κ2) is 6.17. The highest BCUT2D eigenvalue weighted by Crippen LogP contribution is 2.26. The van der Waals surface area contributed by atoms with E-state index in [4.69, 9.17) is 4.74 Å². The van der Waals surface area contributed by atoms with Crippen molar-refractivity contribution < 1.29 is 9.84 Å². The van der Waals surface area contributed by atoms with Crippen molar-refractivity contribution >= 4 is 11.8 Å². The van der Waals surface area contributed by atoms with Crippen LogP contribution in [0.25, 0.3) is 0 Å². The standard InChI is InChI=1S/C13H19NO2S/c1-16-13-8-10(2-3-12(13)15)9-14-11-4-6-17-7-5-11/h2-3,8,11,14-15H,4-7,9H2,1H3. The lowest BCUT2D eigenvalue weighted by molar-refractivity contribution is 0.372. The van der Waals surface area contributed by atoms with Crippen molar-refractivity contribution in [2.75, 3.05) is 18.6 Å². The third kappa shape index (κ3) is 3.54. The van der Waals surface area contributed by atoms with Crippen LogP contribution in [0.3, 0.4) is 0 Å². The molecule has 1 aliphatic heterocycles. The number of ether oxygens (including phenoxy) is 1. The highest BCUT2D eigenvalue weighted by Gasteiger charge is 2.12. The van der Waals surface area contributed by atoms with Gasteiger partial charge in [0.25, 0.3) is 0 Å². The summed E-state index contributed by atoms with van der Waals surface area (Å²) < 4.78 is 5.10. The molecule has 1 aromatic rings. The molecule has 2 N–H and O–H groups in total. The Balaban J connectivity index is 1.89. The first-order valence-electron chi connectivity index (χ1n) is 5.96. The Morgan fingerprint density at radius 3 is 2.88 bits per heavy atom. The molecular formula is C13H19NO2S. The zero-order valence-corrected chi connectivity index (χ0v) is 10.9. The van der Waals surface area contributed by atoms with E-state index in [1.165, 1.54) is 24.3 Å². The molecule has 94 valence electrons. The van der Waals surface area contributed by atoms with Crippen LogP contribution in [0, 0.1) is 0 Å². The smallest absolute Gasteiger partial charge is 0.160 e. The van der Waals surface area contributed by atoms with Crippen molar-refractivity contribution in [3.63, 3.8) is 0 Å². The molecule has 17 heavy (non-hydrogen) atoms. The molecule has 1 fully saturated rings. The van der Waals surface area contributed by atoms with E-state index in [-0.39, 0.29) is 5.75 Å². The lowest BCUT2D eigenvalue weighted by atomic mass is 10.1. The molecule has 0 bridgehead atoms. The molecule has 1 saturated heterocycles. The van der Waals surface area contributed by atoms with Crippen LogP contribution < -0.4 is 10.1 Å². The number of benzene rings is 1. The molecule has 1 aliphatic rings. The number of methoxy groups -OCH3 is 1. The van der Waals surface area contributed by atoms with Gasteiger partial charge in [-0.1, -0.05) is 6.07 Å². The summed E-state index contributed by atoms with van der Waals surface area (Å²) in [5.74, 6) is 3.27. The number of phenolic OH excluding ortho intramolecular Hbond substituents is 1. The van der Waals surface area contributed by atoms with E-state index >= 15 is 0 Å². The van der Waals surface area contributed by atoms with Gasteiger partial charge in [0.1, 0.15) is 0 Å². The Hall–Kier alpha value is -0.870. The topological polar surface area (TPSA) is 41.5 Å². The summed E-state index contributed by atoms with van der Waals surface area (Å²) in [6, 6.07) is 6.14. The SMILES string of the molecule is COc1cc(CNC2CCSCC2)ccc1O. The van der Waals surface area contributed by atoms with Gasteiger partial charge in [0.2, 0.25) is 0 Å². The van der Waals surface area contributed by atoms with E-state index in [0.29, 0.717) is 11.8 Å². The van der Waals surface area contributed by atoms with Gasteiger partial charge in [-0.05, 0) is 42.0 Å². The Morgan fingerprint density at radius 2 is 2.18 bits per heavy atom. The van der Waals surface area contributed by atoms with E-state index < -0.39 is 0 Å². The van der Waals surface area contributed by atoms with Crippen LogP contribution in [0.15, 0.2) is 18.2 Å². The molecule has 1 aromatic carbocycles. The van der Waals surface area contributed by atoms with Crippen LogP contribution in [0.1, 0.15) is 18.4 Å². The number of hydrogen-bond donors (Lipinski definition) is 2. The zero-order chi connectivity index (χ0) is 12.1. The Kier molecular flexibility index (Phi) is 4.57. The summed E-state index contributed by atoms with van der Waals surface area (Å²) in [5.41, 5.74) is 1.15. The predicted octanol–water partition coefficient (Wildman–Crippen LogP) is 2.39. The molecular weight excluding hydrogens is 234 g/mol. The van der Waals surface area contributed by atoms with Gasteiger partial charge in [-0.25, -0.2) is 0 Å². The van der Waals surface area contributed by atoms with Crippen LogP contribution in [-0.4, -0.2) is 29.8 Å². The summed E-state index contributed by atoms with van der Waals surface area (Å²) >= 11 is 2.04. The van der Waals surface area contributed by atoms with E-state index in [2.05, 4.69) is 5.32 Å². The molecule has 0 unspecified atom stereocenters. The zero-order valence-electron chi connectivity index (χ0n) is 10.1. The van der Waals surface area contributed by atoms with Crippen LogP contribution >= 0.6 is 11.8 Å². The monoisotopic (exact) mass is 253 g/mol. The summed E-state index contributed by atoms with van der Waals surface area (Å²) in [7, 11) is 1.57. The number of aromatic hydroxyl groups is 1. The molecule has 1 heterocycles. The van der Waals surface area contributed by atoms with Gasteiger partial charge in [-0.15, -0.1) is 0 Å². The number of phenols is 1. The van der Waals surface area contributed by atoms with Gasteiger partial charge in [0, 0.05) is 12.6 Å². The second-order valence-electron chi connectivity index (χ2n) is 4.27. The molecule has 0 atom stereocenters. The van der Waals surface area contributed by atoms with Crippen molar-refractivity contribution in [2.45, 2.75) is 25.4 Å². The third-order valence-corrected chi connectivity index (χ3v) is 4.11. The molecule has 2 rings (SSSR count). The van der Waals surface area contributed by atoms with E-state index in [0.717, 1.165) is 12.1 Å². The molecule has 0 saturated carbocycles. The first-order valence-corrected chi connectivity index (χ1v) is 7.12. The van der Waals surface area contributed by atoms with Crippen molar-refractivity contribution in [2.24, 2.45) is 0 Å². The first kappa shape index (κ1) is 12.6. The lowest BCUT2D eigenvalue weighted by Crippen LogP contribution is -2.31. The maximum atomic E-state index is 9.50. The lowest BCUT2D eigenvalue weighted by Gasteiger charge is -2.22. The Morgan fingerprint density at radius 1 is 1.41 bits per heavy atom. The van der Waals surface area contributed by atoms with Crippen molar-refractivity contribution in [3.8, 4) is 11.5 Å². The number of hydrogen-bond acceptors (Lipinski definition) is 4. The van der Waals surface area contributed by atoms with E-state index in [1.807, 2.05) is 23.9 Å². The predicted molar refractivity (Wildman–Crippen MR) is 71.8 cm³/mol. The van der Waals surface area contributed by atoms with Gasteiger partial charge < -0.3 is 15.2 Å². The largest absolute Gasteiger partial charge is 0.504 e. The first-order chi connectivity index (χ1) is 8.29. The average Bonchev–Trinajstić information content (AvgIpc) is 2.39. The molecule has 0 aromatic heterocycles. The van der Waals surface area contributed by atoms with Crippen LogP contribution in [0.2, 0.25) is 0 Å². The highest BCUT2D eigenvalue weighted by molar-refractivity contribution is 7.99. The van der Waals surface area contributed by atoms with Crippen LogP contribution in [0.5, 0.6) is 11.5 Å². The molecule has 0 radical (unpaired) electrons. The van der Waals surface area contributed by atoms with Crippen LogP contribution in [0.4, 0.5) is 0 Å². The molecule has 4 heteroatoms. The molecule has 0 amide bonds. The van der Waals surface area contributed by atoms with Crippen LogP contribution in [-0.2, 0) is 6.54 Å². The minimum absolute atomic E-state index is 0.199. The fourth-order valence-corrected chi connectivity index (χ4v) is 3.10. The Labute approximate surface area is 107 Å². The fraction of sp³-hybridized carbons (Fsp3) is 0.538. The van der Waals surface area contributed by atoms with Gasteiger partial charge in [0.05, 0.1) is 7.11 Å². The van der Waals surface area contributed by atoms with Gasteiger partial charge in [-0.2, -0.15) is 11.8 Å². The maximum Gasteiger partial charge on any atom is 0.160 e. The second-order valence-corrected chi connectivity index (χ2v) is 5.50. The number of thioether (sulfide) groups is 1. The highest BCUT2D eigenvalue weighted by atomic mass is 32.2. The third-order valence-electron chi connectivity index (χ3n) is 3.06. The summed E-state index contributed by atoms with van der Waals surface area (Å²) in [6.45, 7) is 0.839. The maximum absolute atomic E-state index is 9.50.